The number of esters is 4. The van der Waals surface area contributed by atoms with Crippen LogP contribution in [0.5, 0.6) is 0 Å². The molecule has 0 fully saturated rings. The van der Waals surface area contributed by atoms with Crippen LogP contribution in [-0.4, -0.2) is 96.7 Å². The Balaban J connectivity index is 5.43. The number of phosphoric ester groups is 2. The second-order valence-electron chi connectivity index (χ2n) is 25.5. The van der Waals surface area contributed by atoms with Crippen LogP contribution >= 0.6 is 15.6 Å². The predicted molar refractivity (Wildman–Crippen MR) is 417 cm³/mol. The Morgan fingerprint density at radius 1 is 0.284 bits per heavy atom. The third-order valence-corrected chi connectivity index (χ3v) is 17.7. The topological polar surface area (TPSA) is 237 Å². The molecule has 17 nitrogen and oxygen atoms in total. The molecule has 5 atom stereocenters. The normalized spacial score (nSPS) is 14.7. The fraction of sp³-hybridized carbons (Fsp3) is 0.663. The lowest BCUT2D eigenvalue weighted by atomic mass is 10.0. The summed E-state index contributed by atoms with van der Waals surface area (Å²) in [6.45, 7) is 4.45. The molecule has 102 heavy (non-hydrogen) atoms. The standard InChI is InChI=1S/C83H138O17P2/c1-5-9-13-17-21-25-29-33-35-37-38-40-42-46-48-52-56-60-64-68-81(86)94-74-79(100-83(88)70-66-62-58-54-50-44-32-28-24-20-16-12-8-4)76-98-102(91,92)96-72-77(84)71-95-101(89,90)97-75-78(99-82(87)69-65-61-57-53-49-43-31-27-23-19-15-11-7-3)73-93-80(85)67-63-59-55-51-47-45-41-39-36-34-30-26-22-18-14-10-6-2/h9-10,13-15,19,21-22,25-27,31,33-36,38,40-41,45-46,48,56,60,77-79,84H,5-8,11-12,16-18,20,23-24,28-30,32,37,39,42-44,47,49-55,57-59,61-76H2,1-4H3,(H,89,90)(H,91,92)/b13-9-,14-10-,19-15-,25-21-,26-22-,31-27-,35-33-,36-34-,40-38-,45-41-,48-46-,60-56-. The van der Waals surface area contributed by atoms with Crippen molar-refractivity contribution in [3.8, 4) is 0 Å². The van der Waals surface area contributed by atoms with Crippen LogP contribution < -0.4 is 0 Å². The van der Waals surface area contributed by atoms with Crippen molar-refractivity contribution < 1.29 is 80.2 Å². The first-order valence-electron chi connectivity index (χ1n) is 39.1. The van der Waals surface area contributed by atoms with Crippen molar-refractivity contribution in [3.05, 3.63) is 146 Å². The van der Waals surface area contributed by atoms with E-state index >= 15 is 0 Å². The van der Waals surface area contributed by atoms with Gasteiger partial charge in [-0.05, 0) is 128 Å². The van der Waals surface area contributed by atoms with Gasteiger partial charge in [-0.1, -0.05) is 289 Å². The van der Waals surface area contributed by atoms with E-state index in [0.29, 0.717) is 32.1 Å². The smallest absolute Gasteiger partial charge is 0.462 e. The molecule has 0 heterocycles. The number of hydrogen-bond acceptors (Lipinski definition) is 15. The number of rotatable bonds is 72. The van der Waals surface area contributed by atoms with E-state index in [1.165, 1.54) is 51.4 Å². The molecule has 3 N–H and O–H groups in total. The maximum absolute atomic E-state index is 13.1. The van der Waals surface area contributed by atoms with Crippen LogP contribution in [0.3, 0.4) is 0 Å². The number of phosphoric acid groups is 2. The van der Waals surface area contributed by atoms with Gasteiger partial charge in [0.15, 0.2) is 12.2 Å². The van der Waals surface area contributed by atoms with Gasteiger partial charge >= 0.3 is 39.5 Å². The Hall–Kier alpha value is -5.06. The third kappa shape index (κ3) is 73.3. The van der Waals surface area contributed by atoms with E-state index in [9.17, 15) is 43.2 Å². The largest absolute Gasteiger partial charge is 0.472 e. The first-order chi connectivity index (χ1) is 49.7. The van der Waals surface area contributed by atoms with Crippen LogP contribution in [0.4, 0.5) is 0 Å². The van der Waals surface area contributed by atoms with E-state index in [4.69, 9.17) is 37.0 Å². The Bertz CT molecular complexity index is 2510. The average Bonchev–Trinajstić information content (AvgIpc) is 0.909. The molecule has 0 saturated heterocycles. The van der Waals surface area contributed by atoms with E-state index in [1.807, 2.05) is 18.2 Å². The van der Waals surface area contributed by atoms with Gasteiger partial charge in [0.05, 0.1) is 26.4 Å². The first-order valence-corrected chi connectivity index (χ1v) is 42.1. The van der Waals surface area contributed by atoms with Crippen LogP contribution in [0.2, 0.25) is 0 Å². The number of aliphatic hydroxyl groups is 1. The van der Waals surface area contributed by atoms with Gasteiger partial charge < -0.3 is 33.8 Å². The summed E-state index contributed by atoms with van der Waals surface area (Å²) in [6, 6.07) is 0. The van der Waals surface area contributed by atoms with Crippen LogP contribution in [0, 0.1) is 0 Å². The molecule has 0 amide bonds. The van der Waals surface area contributed by atoms with Gasteiger partial charge in [-0.25, -0.2) is 9.13 Å². The number of unbranched alkanes of at least 4 members (excludes halogenated alkanes) is 22. The summed E-state index contributed by atoms with van der Waals surface area (Å²) in [7, 11) is -9.99. The number of aliphatic hydroxyl groups excluding tert-OH is 1. The Morgan fingerprint density at radius 3 is 0.882 bits per heavy atom. The van der Waals surface area contributed by atoms with E-state index in [-0.39, 0.29) is 25.7 Å². The zero-order valence-corrected chi connectivity index (χ0v) is 65.3. The Kier molecular flexibility index (Phi) is 70.5. The monoisotopic (exact) mass is 1470 g/mol. The maximum Gasteiger partial charge on any atom is 0.472 e. The summed E-state index contributed by atoms with van der Waals surface area (Å²) in [6.07, 6.45) is 84.2. The SMILES string of the molecule is CC/C=C\C/C=C\C/C=C\C/C=C\C/C=C\C/C=C\CCC(=O)OCC(COP(=O)(O)OCC(O)COP(=O)(O)OCC(COC(=O)CCCCCC/C=C\C/C=C\C/C=C\C/C=C\CC)OC(=O)CCCCCCC/C=C\C/C=C\CCC)OC(=O)CCCCCCCCCCCCCCC. The summed E-state index contributed by atoms with van der Waals surface area (Å²) in [5, 5.41) is 10.6. The summed E-state index contributed by atoms with van der Waals surface area (Å²) in [4.78, 5) is 72.9. The fourth-order valence-corrected chi connectivity index (χ4v) is 11.5. The molecule has 0 saturated carbocycles. The highest BCUT2D eigenvalue weighted by molar-refractivity contribution is 7.47. The zero-order valence-electron chi connectivity index (χ0n) is 63.5. The molecule has 0 aromatic carbocycles. The molecule has 5 unspecified atom stereocenters. The van der Waals surface area contributed by atoms with Crippen molar-refractivity contribution in [2.45, 2.75) is 316 Å². The second-order valence-corrected chi connectivity index (χ2v) is 28.4. The van der Waals surface area contributed by atoms with Crippen LogP contribution in [0.15, 0.2) is 146 Å². The van der Waals surface area contributed by atoms with Crippen LogP contribution in [0.25, 0.3) is 0 Å². The number of hydrogen-bond donors (Lipinski definition) is 3. The molecular weight excluding hydrogens is 1330 g/mol. The molecule has 0 radical (unpaired) electrons. The van der Waals surface area contributed by atoms with Crippen molar-refractivity contribution in [1.29, 1.82) is 0 Å². The minimum atomic E-state index is -5.00. The molecule has 582 valence electrons. The molecule has 0 aliphatic carbocycles. The first kappa shape index (κ1) is 96.9. The minimum Gasteiger partial charge on any atom is -0.462 e. The third-order valence-electron chi connectivity index (χ3n) is 15.8. The van der Waals surface area contributed by atoms with Crippen molar-refractivity contribution >= 4 is 39.5 Å². The van der Waals surface area contributed by atoms with Crippen molar-refractivity contribution in [2.24, 2.45) is 0 Å². The van der Waals surface area contributed by atoms with E-state index in [1.54, 1.807) is 0 Å². The minimum absolute atomic E-state index is 0.0339. The lowest BCUT2D eigenvalue weighted by molar-refractivity contribution is -0.161. The van der Waals surface area contributed by atoms with Gasteiger partial charge in [-0.2, -0.15) is 0 Å². The predicted octanol–water partition coefficient (Wildman–Crippen LogP) is 22.7. The highest BCUT2D eigenvalue weighted by Crippen LogP contribution is 2.45. The summed E-state index contributed by atoms with van der Waals surface area (Å²) in [5.41, 5.74) is 0. The van der Waals surface area contributed by atoms with Gasteiger partial charge in [-0.15, -0.1) is 0 Å². The lowest BCUT2D eigenvalue weighted by Gasteiger charge is -2.21. The molecule has 0 aliphatic rings. The molecule has 0 spiro atoms. The fourth-order valence-electron chi connectivity index (χ4n) is 9.92. The Labute approximate surface area is 617 Å². The van der Waals surface area contributed by atoms with Gasteiger partial charge in [0.25, 0.3) is 0 Å². The number of allylic oxidation sites excluding steroid dienone is 24. The van der Waals surface area contributed by atoms with Crippen molar-refractivity contribution in [3.63, 3.8) is 0 Å². The molecular formula is C83H138O17P2. The van der Waals surface area contributed by atoms with Gasteiger partial charge in [0.2, 0.25) is 0 Å². The number of carbonyl (C=O) groups is 4. The van der Waals surface area contributed by atoms with Gasteiger partial charge in [0.1, 0.15) is 19.3 Å². The summed E-state index contributed by atoms with van der Waals surface area (Å²) in [5.74, 6) is -2.32. The van der Waals surface area contributed by atoms with E-state index < -0.39 is 97.5 Å². The van der Waals surface area contributed by atoms with Crippen molar-refractivity contribution in [2.75, 3.05) is 39.6 Å². The van der Waals surface area contributed by atoms with Gasteiger partial charge in [-0.3, -0.25) is 37.3 Å². The lowest BCUT2D eigenvalue weighted by Crippen LogP contribution is -2.30. The Morgan fingerprint density at radius 2 is 0.549 bits per heavy atom. The maximum atomic E-state index is 13.1. The molecule has 0 aromatic rings. The quantitative estimate of drug-likeness (QED) is 0.0169. The molecule has 19 heteroatoms. The van der Waals surface area contributed by atoms with Crippen LogP contribution in [-0.2, 0) is 65.4 Å². The number of carbonyl (C=O) groups excluding carboxylic acids is 4. The van der Waals surface area contributed by atoms with Crippen molar-refractivity contribution in [1.82, 2.24) is 0 Å². The number of ether oxygens (including phenoxy) is 4. The highest BCUT2D eigenvalue weighted by atomic mass is 31.2. The average molecular weight is 1470 g/mol. The summed E-state index contributed by atoms with van der Waals surface area (Å²) >= 11 is 0. The molecule has 0 rings (SSSR count). The van der Waals surface area contributed by atoms with E-state index in [0.717, 1.165) is 161 Å². The summed E-state index contributed by atoms with van der Waals surface area (Å²) < 4.78 is 68.4. The van der Waals surface area contributed by atoms with Crippen LogP contribution in [0.1, 0.15) is 297 Å². The molecule has 0 bridgehead atoms. The second kappa shape index (κ2) is 74.2. The molecule has 0 aromatic heterocycles. The molecule has 0 aliphatic heterocycles. The highest BCUT2D eigenvalue weighted by Gasteiger charge is 2.30. The van der Waals surface area contributed by atoms with Gasteiger partial charge in [0, 0.05) is 25.7 Å². The van der Waals surface area contributed by atoms with E-state index in [2.05, 4.69) is 155 Å². The zero-order chi connectivity index (χ0) is 74.6.